The number of halogens is 1. The number of hydrogen-bond donors (Lipinski definition) is 1. The molecule has 1 aromatic rings. The van der Waals surface area contributed by atoms with E-state index in [9.17, 15) is 0 Å². The molecule has 1 N–H and O–H groups in total. The lowest BCUT2D eigenvalue weighted by Gasteiger charge is -2.40. The molecule has 0 bridgehead atoms. The Balaban J connectivity index is 2.14. The summed E-state index contributed by atoms with van der Waals surface area (Å²) in [6, 6.07) is 5.02. The summed E-state index contributed by atoms with van der Waals surface area (Å²) >= 11 is 3.57. The summed E-state index contributed by atoms with van der Waals surface area (Å²) in [4.78, 5) is 0. The molecular formula is C17H26BrN. The molecule has 1 fully saturated rings. The first-order valence-corrected chi connectivity index (χ1v) is 8.11. The first-order chi connectivity index (χ1) is 8.78. The molecule has 1 aromatic carbocycles. The molecule has 106 valence electrons. The van der Waals surface area contributed by atoms with Crippen LogP contribution >= 0.6 is 15.9 Å². The van der Waals surface area contributed by atoms with Gasteiger partial charge in [0.1, 0.15) is 0 Å². The number of benzene rings is 1. The van der Waals surface area contributed by atoms with Gasteiger partial charge in [-0.25, -0.2) is 0 Å². The maximum Gasteiger partial charge on any atom is 0.0402 e. The van der Waals surface area contributed by atoms with Crippen molar-refractivity contribution >= 4 is 21.6 Å². The van der Waals surface area contributed by atoms with Gasteiger partial charge in [-0.15, -0.1) is 0 Å². The van der Waals surface area contributed by atoms with Gasteiger partial charge in [-0.05, 0) is 67.7 Å². The normalized spacial score (nSPS) is 26.2. The Kier molecular flexibility index (Phi) is 4.29. The smallest absolute Gasteiger partial charge is 0.0402 e. The summed E-state index contributed by atoms with van der Waals surface area (Å²) in [6.07, 6.45) is 3.92. The van der Waals surface area contributed by atoms with Crippen molar-refractivity contribution in [1.82, 2.24) is 0 Å². The third-order valence-corrected chi connectivity index (χ3v) is 4.98. The average Bonchev–Trinajstić information content (AvgIpc) is 2.24. The molecule has 1 nitrogen and oxygen atoms in total. The highest BCUT2D eigenvalue weighted by molar-refractivity contribution is 9.10. The summed E-state index contributed by atoms with van der Waals surface area (Å²) in [6.45, 7) is 11.6. The minimum Gasteiger partial charge on any atom is -0.382 e. The van der Waals surface area contributed by atoms with Crippen LogP contribution in [0, 0.1) is 25.2 Å². The zero-order valence-corrected chi connectivity index (χ0v) is 14.4. The monoisotopic (exact) mass is 323 g/mol. The number of rotatable bonds is 2. The van der Waals surface area contributed by atoms with Crippen molar-refractivity contribution in [3.63, 3.8) is 0 Å². The van der Waals surface area contributed by atoms with Crippen LogP contribution in [-0.2, 0) is 0 Å². The van der Waals surface area contributed by atoms with Gasteiger partial charge in [0.25, 0.3) is 0 Å². The zero-order valence-electron chi connectivity index (χ0n) is 12.8. The van der Waals surface area contributed by atoms with Crippen molar-refractivity contribution in [2.24, 2.45) is 11.3 Å². The molecule has 2 unspecified atom stereocenters. The Bertz CT molecular complexity index is 441. The molecule has 1 aliphatic carbocycles. The van der Waals surface area contributed by atoms with E-state index in [4.69, 9.17) is 0 Å². The van der Waals surface area contributed by atoms with Crippen LogP contribution in [0.1, 0.15) is 51.2 Å². The minimum absolute atomic E-state index is 0.515. The highest BCUT2D eigenvalue weighted by atomic mass is 79.9. The minimum atomic E-state index is 0.515. The van der Waals surface area contributed by atoms with Crippen LogP contribution in [0.2, 0.25) is 0 Å². The second-order valence-corrected chi connectivity index (χ2v) is 7.97. The molecule has 0 saturated heterocycles. The number of hydrogen-bond acceptors (Lipinski definition) is 1. The zero-order chi connectivity index (χ0) is 14.2. The van der Waals surface area contributed by atoms with E-state index in [-0.39, 0.29) is 0 Å². The summed E-state index contributed by atoms with van der Waals surface area (Å²) in [5.74, 6) is 0.742. The summed E-state index contributed by atoms with van der Waals surface area (Å²) < 4.78 is 1.17. The standard InChI is InChI=1S/C17H26BrN/c1-11-8-14(18)9-12(2)16(11)19-15-6-7-17(4,5)10-13(15)3/h8-9,13,15,19H,6-7,10H2,1-5H3. The lowest BCUT2D eigenvalue weighted by molar-refractivity contribution is 0.177. The Labute approximate surface area is 126 Å². The molecule has 1 saturated carbocycles. The molecule has 0 radical (unpaired) electrons. The predicted molar refractivity (Wildman–Crippen MR) is 87.8 cm³/mol. The highest BCUT2D eigenvalue weighted by Crippen LogP contribution is 2.40. The third-order valence-electron chi connectivity index (χ3n) is 4.52. The van der Waals surface area contributed by atoms with Crippen LogP contribution in [-0.4, -0.2) is 6.04 Å². The number of aryl methyl sites for hydroxylation is 2. The summed E-state index contributed by atoms with van der Waals surface area (Å²) in [5.41, 5.74) is 4.52. The van der Waals surface area contributed by atoms with Gasteiger partial charge in [0.2, 0.25) is 0 Å². The SMILES string of the molecule is Cc1cc(Br)cc(C)c1NC1CCC(C)(C)CC1C. The predicted octanol–water partition coefficient (Wildman–Crippen LogP) is 5.69. The molecular weight excluding hydrogens is 298 g/mol. The van der Waals surface area contributed by atoms with Gasteiger partial charge in [0, 0.05) is 16.2 Å². The van der Waals surface area contributed by atoms with Gasteiger partial charge in [0.15, 0.2) is 0 Å². The maximum absolute atomic E-state index is 3.81. The second-order valence-electron chi connectivity index (χ2n) is 7.05. The van der Waals surface area contributed by atoms with Crippen LogP contribution < -0.4 is 5.32 Å². The van der Waals surface area contributed by atoms with Crippen LogP contribution in [0.15, 0.2) is 16.6 Å². The van der Waals surface area contributed by atoms with E-state index in [0.717, 1.165) is 5.92 Å². The van der Waals surface area contributed by atoms with E-state index in [1.54, 1.807) is 0 Å². The summed E-state index contributed by atoms with van der Waals surface area (Å²) in [7, 11) is 0. The Morgan fingerprint density at radius 3 is 2.32 bits per heavy atom. The van der Waals surface area contributed by atoms with Gasteiger partial charge in [-0.3, -0.25) is 0 Å². The van der Waals surface area contributed by atoms with Crippen molar-refractivity contribution in [3.8, 4) is 0 Å². The molecule has 1 aliphatic rings. The van der Waals surface area contributed by atoms with Gasteiger partial charge >= 0.3 is 0 Å². The van der Waals surface area contributed by atoms with E-state index in [0.29, 0.717) is 11.5 Å². The fraction of sp³-hybridized carbons (Fsp3) is 0.647. The van der Waals surface area contributed by atoms with E-state index >= 15 is 0 Å². The van der Waals surface area contributed by atoms with Crippen molar-refractivity contribution in [2.45, 2.75) is 59.9 Å². The van der Waals surface area contributed by atoms with Gasteiger partial charge in [-0.2, -0.15) is 0 Å². The Hall–Kier alpha value is -0.500. The topological polar surface area (TPSA) is 12.0 Å². The van der Waals surface area contributed by atoms with Crippen molar-refractivity contribution < 1.29 is 0 Å². The molecule has 19 heavy (non-hydrogen) atoms. The fourth-order valence-corrected chi connectivity index (χ4v) is 4.17. The Morgan fingerprint density at radius 2 is 1.79 bits per heavy atom. The molecule has 2 rings (SSSR count). The fourth-order valence-electron chi connectivity index (χ4n) is 3.48. The van der Waals surface area contributed by atoms with Crippen LogP contribution in [0.3, 0.4) is 0 Å². The number of nitrogens with one attached hydrogen (secondary N) is 1. The van der Waals surface area contributed by atoms with E-state index in [2.05, 4.69) is 68.0 Å². The summed E-state index contributed by atoms with van der Waals surface area (Å²) in [5, 5.41) is 3.81. The molecule has 0 spiro atoms. The first kappa shape index (κ1) is 14.9. The van der Waals surface area contributed by atoms with E-state index < -0.39 is 0 Å². The number of anilines is 1. The Morgan fingerprint density at radius 1 is 1.21 bits per heavy atom. The van der Waals surface area contributed by atoms with Gasteiger partial charge < -0.3 is 5.32 Å². The first-order valence-electron chi connectivity index (χ1n) is 7.32. The molecule has 2 heteroatoms. The second kappa shape index (κ2) is 5.47. The van der Waals surface area contributed by atoms with E-state index in [1.165, 1.54) is 40.5 Å². The van der Waals surface area contributed by atoms with E-state index in [1.807, 2.05) is 0 Å². The van der Waals surface area contributed by atoms with Crippen molar-refractivity contribution in [3.05, 3.63) is 27.7 Å². The maximum atomic E-state index is 3.81. The van der Waals surface area contributed by atoms with Crippen molar-refractivity contribution in [2.75, 3.05) is 5.32 Å². The van der Waals surface area contributed by atoms with Crippen LogP contribution in [0.5, 0.6) is 0 Å². The average molecular weight is 324 g/mol. The van der Waals surface area contributed by atoms with Crippen molar-refractivity contribution in [1.29, 1.82) is 0 Å². The molecule has 2 atom stereocenters. The van der Waals surface area contributed by atoms with Crippen LogP contribution in [0.4, 0.5) is 5.69 Å². The quantitative estimate of drug-likeness (QED) is 0.736. The molecule has 0 aliphatic heterocycles. The third kappa shape index (κ3) is 3.53. The van der Waals surface area contributed by atoms with Crippen LogP contribution in [0.25, 0.3) is 0 Å². The lowest BCUT2D eigenvalue weighted by atomic mass is 9.70. The highest BCUT2D eigenvalue weighted by Gasteiger charge is 2.32. The van der Waals surface area contributed by atoms with Gasteiger partial charge in [0.05, 0.1) is 0 Å². The van der Waals surface area contributed by atoms with Gasteiger partial charge in [-0.1, -0.05) is 36.7 Å². The largest absolute Gasteiger partial charge is 0.382 e. The molecule has 0 aromatic heterocycles. The molecule has 0 amide bonds. The molecule has 0 heterocycles. The lowest BCUT2D eigenvalue weighted by Crippen LogP contribution is -2.37.